The lowest BCUT2D eigenvalue weighted by atomic mass is 10.1. The Labute approximate surface area is 223 Å². The Morgan fingerprint density at radius 2 is 1.72 bits per heavy atom. The molecule has 0 spiro atoms. The molecule has 0 saturated heterocycles. The van der Waals surface area contributed by atoms with Gasteiger partial charge < -0.3 is 13.9 Å². The molecule has 0 radical (unpaired) electrons. The SMILES string of the molecule is CS(=O)(=O)Oc1nnc(C(NC(=O)c2ccc(C(F)(F)F)cc2)c2nc3ccc(-c4ccccc4)cc3s2)o1. The van der Waals surface area contributed by atoms with Crippen LogP contribution in [0.1, 0.15) is 32.9 Å². The van der Waals surface area contributed by atoms with Crippen molar-refractivity contribution in [2.24, 2.45) is 0 Å². The fourth-order valence-electron chi connectivity index (χ4n) is 3.63. The van der Waals surface area contributed by atoms with Crippen molar-refractivity contribution in [3.8, 4) is 17.2 Å². The number of carbonyl (C=O) groups excluding carboxylic acids is 1. The summed E-state index contributed by atoms with van der Waals surface area (Å²) in [5, 5.41) is 10.3. The average molecular weight is 575 g/mol. The van der Waals surface area contributed by atoms with Crippen LogP contribution in [0, 0.1) is 0 Å². The van der Waals surface area contributed by atoms with E-state index in [1.165, 1.54) is 11.3 Å². The van der Waals surface area contributed by atoms with Gasteiger partial charge in [0.05, 0.1) is 22.0 Å². The van der Waals surface area contributed by atoms with E-state index in [2.05, 4.69) is 24.7 Å². The third-order valence-electron chi connectivity index (χ3n) is 5.40. The lowest BCUT2D eigenvalue weighted by molar-refractivity contribution is -0.137. The molecule has 0 aliphatic rings. The second-order valence-electron chi connectivity index (χ2n) is 8.28. The third kappa shape index (κ3) is 6.07. The molecular weight excluding hydrogens is 557 g/mol. The summed E-state index contributed by atoms with van der Waals surface area (Å²) in [5.41, 5.74) is 1.56. The van der Waals surface area contributed by atoms with Crippen LogP contribution in [-0.4, -0.2) is 35.8 Å². The number of halogens is 3. The van der Waals surface area contributed by atoms with Crippen molar-refractivity contribution in [1.82, 2.24) is 20.5 Å². The average Bonchev–Trinajstić information content (AvgIpc) is 3.52. The van der Waals surface area contributed by atoms with Crippen molar-refractivity contribution in [3.63, 3.8) is 0 Å². The fraction of sp³-hybridized carbons (Fsp3) is 0.120. The maximum atomic E-state index is 13.0. The summed E-state index contributed by atoms with van der Waals surface area (Å²) in [7, 11) is -3.98. The zero-order chi connectivity index (χ0) is 27.8. The van der Waals surface area contributed by atoms with Crippen LogP contribution < -0.4 is 9.50 Å². The summed E-state index contributed by atoms with van der Waals surface area (Å²) in [6.07, 6.45) is -4.44. The van der Waals surface area contributed by atoms with E-state index in [0.29, 0.717) is 10.5 Å². The van der Waals surface area contributed by atoms with E-state index >= 15 is 0 Å². The van der Waals surface area contributed by atoms with Crippen molar-refractivity contribution in [3.05, 3.63) is 94.8 Å². The Kier molecular flexibility index (Phi) is 6.82. The first-order valence-corrected chi connectivity index (χ1v) is 13.8. The minimum atomic E-state index is -4.56. The first-order chi connectivity index (χ1) is 18.5. The van der Waals surface area contributed by atoms with Crippen molar-refractivity contribution in [2.45, 2.75) is 12.2 Å². The van der Waals surface area contributed by atoms with Crippen LogP contribution in [0.25, 0.3) is 21.3 Å². The standard InChI is InChI=1S/C25H17F3N4O5S2/c1-39(34,35)37-24-32-31-22(36-24)20(30-21(33)15-7-10-17(11-8-15)25(26,27)28)23-29-18-12-9-16(13-19(18)38-23)14-5-3-2-4-6-14/h2-13,20H,1H3,(H,30,33). The maximum absolute atomic E-state index is 13.0. The highest BCUT2D eigenvalue weighted by Crippen LogP contribution is 2.34. The lowest BCUT2D eigenvalue weighted by Gasteiger charge is -2.13. The molecule has 0 aliphatic carbocycles. The molecule has 39 heavy (non-hydrogen) atoms. The molecule has 1 N–H and O–H groups in total. The van der Waals surface area contributed by atoms with E-state index in [9.17, 15) is 26.4 Å². The number of nitrogens with zero attached hydrogens (tertiary/aromatic N) is 3. The number of carbonyl (C=O) groups is 1. The molecule has 2 heterocycles. The molecule has 9 nitrogen and oxygen atoms in total. The van der Waals surface area contributed by atoms with Gasteiger partial charge in [-0.2, -0.15) is 21.6 Å². The molecule has 200 valence electrons. The van der Waals surface area contributed by atoms with Gasteiger partial charge in [0.25, 0.3) is 5.91 Å². The highest BCUT2D eigenvalue weighted by molar-refractivity contribution is 7.86. The number of amides is 1. The number of rotatable bonds is 7. The molecule has 3 aromatic carbocycles. The number of benzene rings is 3. The van der Waals surface area contributed by atoms with Crippen LogP contribution in [0.15, 0.2) is 77.2 Å². The summed E-state index contributed by atoms with van der Waals surface area (Å²) in [4.78, 5) is 17.6. The van der Waals surface area contributed by atoms with Gasteiger partial charge in [0, 0.05) is 5.56 Å². The second kappa shape index (κ2) is 10.1. The van der Waals surface area contributed by atoms with Gasteiger partial charge in [0.2, 0.25) is 5.89 Å². The van der Waals surface area contributed by atoms with E-state index < -0.39 is 39.9 Å². The fourth-order valence-corrected chi connectivity index (χ4v) is 5.01. The molecule has 1 amide bonds. The van der Waals surface area contributed by atoms with Crippen molar-refractivity contribution >= 4 is 37.6 Å². The van der Waals surface area contributed by atoms with Crippen molar-refractivity contribution in [1.29, 1.82) is 0 Å². The van der Waals surface area contributed by atoms with E-state index in [1.54, 1.807) is 6.07 Å². The molecule has 14 heteroatoms. The predicted molar refractivity (Wildman–Crippen MR) is 136 cm³/mol. The molecule has 5 rings (SSSR count). The number of thiazole rings is 1. The van der Waals surface area contributed by atoms with Gasteiger partial charge in [-0.1, -0.05) is 41.5 Å². The minimum Gasteiger partial charge on any atom is -0.390 e. The molecule has 2 aromatic heterocycles. The number of aromatic nitrogens is 3. The predicted octanol–water partition coefficient (Wildman–Crippen LogP) is 5.22. The van der Waals surface area contributed by atoms with Crippen LogP contribution >= 0.6 is 11.3 Å². The molecule has 1 atom stereocenters. The molecule has 0 bridgehead atoms. The van der Waals surface area contributed by atoms with Gasteiger partial charge in [-0.3, -0.25) is 4.79 Å². The van der Waals surface area contributed by atoms with Gasteiger partial charge in [-0.25, -0.2) is 4.98 Å². The van der Waals surface area contributed by atoms with E-state index in [1.807, 2.05) is 42.5 Å². The number of nitrogens with one attached hydrogen (secondary N) is 1. The Morgan fingerprint density at radius 1 is 1.00 bits per heavy atom. The molecular formula is C25H17F3N4O5S2. The Bertz CT molecular complexity index is 1750. The molecule has 5 aromatic rings. The minimum absolute atomic E-state index is 0.0624. The Morgan fingerprint density at radius 3 is 2.38 bits per heavy atom. The van der Waals surface area contributed by atoms with Gasteiger partial charge >= 0.3 is 22.4 Å². The summed E-state index contributed by atoms with van der Waals surface area (Å²) in [6, 6.07) is 17.7. The summed E-state index contributed by atoms with van der Waals surface area (Å²) in [5.74, 6) is -0.988. The summed E-state index contributed by atoms with van der Waals surface area (Å²) < 4.78 is 72.5. The van der Waals surface area contributed by atoms with Crippen LogP contribution in [-0.2, 0) is 16.3 Å². The molecule has 0 saturated carbocycles. The summed E-state index contributed by atoms with van der Waals surface area (Å²) >= 11 is 1.21. The van der Waals surface area contributed by atoms with Gasteiger partial charge in [0.15, 0.2) is 6.04 Å². The van der Waals surface area contributed by atoms with E-state index in [4.69, 9.17) is 4.42 Å². The van der Waals surface area contributed by atoms with Crippen LogP contribution in [0.3, 0.4) is 0 Å². The third-order valence-corrected chi connectivity index (χ3v) is 6.93. The first-order valence-electron chi connectivity index (χ1n) is 11.1. The normalized spacial score (nSPS) is 12.8. The number of hydrogen-bond acceptors (Lipinski definition) is 9. The van der Waals surface area contributed by atoms with E-state index in [0.717, 1.165) is 46.3 Å². The maximum Gasteiger partial charge on any atom is 0.430 e. The van der Waals surface area contributed by atoms with Gasteiger partial charge in [-0.05, 0) is 47.5 Å². The zero-order valence-corrected chi connectivity index (χ0v) is 21.5. The lowest BCUT2D eigenvalue weighted by Crippen LogP contribution is -2.29. The van der Waals surface area contributed by atoms with E-state index in [-0.39, 0.29) is 11.5 Å². The molecule has 0 fully saturated rings. The second-order valence-corrected chi connectivity index (χ2v) is 10.9. The quantitative estimate of drug-likeness (QED) is 0.262. The largest absolute Gasteiger partial charge is 0.430 e. The Hall–Kier alpha value is -4.30. The molecule has 0 aliphatic heterocycles. The molecule has 1 unspecified atom stereocenters. The highest BCUT2D eigenvalue weighted by Gasteiger charge is 2.31. The number of alkyl halides is 3. The van der Waals surface area contributed by atoms with Crippen LogP contribution in [0.4, 0.5) is 13.2 Å². The van der Waals surface area contributed by atoms with Gasteiger partial charge in [-0.15, -0.1) is 16.4 Å². The number of fused-ring (bicyclic) bond motifs is 1. The monoisotopic (exact) mass is 574 g/mol. The van der Waals surface area contributed by atoms with Crippen LogP contribution in [0.5, 0.6) is 6.08 Å². The Balaban J connectivity index is 1.51. The van der Waals surface area contributed by atoms with Crippen molar-refractivity contribution < 1.29 is 35.0 Å². The van der Waals surface area contributed by atoms with Gasteiger partial charge in [0.1, 0.15) is 5.01 Å². The highest BCUT2D eigenvalue weighted by atomic mass is 32.2. The first kappa shape index (κ1) is 26.3. The van der Waals surface area contributed by atoms with Crippen molar-refractivity contribution in [2.75, 3.05) is 6.26 Å². The number of hydrogen-bond donors (Lipinski definition) is 1. The summed E-state index contributed by atoms with van der Waals surface area (Å²) in [6.45, 7) is 0. The van der Waals surface area contributed by atoms with Crippen LogP contribution in [0.2, 0.25) is 0 Å². The zero-order valence-electron chi connectivity index (χ0n) is 19.8. The topological polar surface area (TPSA) is 124 Å². The smallest absolute Gasteiger partial charge is 0.390 e.